The first-order valence-electron chi connectivity index (χ1n) is 7.00. The largest absolute Gasteiger partial charge is 0.340 e. The van der Waals surface area contributed by atoms with E-state index in [9.17, 15) is 9.59 Å². The molecule has 20 heavy (non-hydrogen) atoms. The molecule has 1 saturated heterocycles. The Kier molecular flexibility index (Phi) is 3.54. The molecule has 1 aliphatic heterocycles. The first-order valence-corrected chi connectivity index (χ1v) is 7.79. The van der Waals surface area contributed by atoms with E-state index >= 15 is 0 Å². The predicted octanol–water partition coefficient (Wildman–Crippen LogP) is 2.61. The summed E-state index contributed by atoms with van der Waals surface area (Å²) in [6.07, 6.45) is 4.63. The third-order valence-corrected chi connectivity index (χ3v) is 4.86. The highest BCUT2D eigenvalue weighted by Gasteiger charge is 2.47. The second kappa shape index (κ2) is 5.20. The van der Waals surface area contributed by atoms with Crippen molar-refractivity contribution in [3.63, 3.8) is 0 Å². The van der Waals surface area contributed by atoms with Crippen LogP contribution >= 0.6 is 15.9 Å². The molecular formula is C15H17BrN2O2. The Labute approximate surface area is 126 Å². The number of halogens is 1. The van der Waals surface area contributed by atoms with Crippen molar-refractivity contribution >= 4 is 33.4 Å². The maximum atomic E-state index is 12.9. The van der Waals surface area contributed by atoms with Crippen LogP contribution < -0.4 is 10.2 Å². The summed E-state index contributed by atoms with van der Waals surface area (Å²) in [5.41, 5.74) is 0.0976. The number of carbonyl (C=O) groups excluding carboxylic acids is 2. The molecule has 106 valence electrons. The van der Waals surface area contributed by atoms with Crippen LogP contribution in [0.25, 0.3) is 0 Å². The van der Waals surface area contributed by atoms with Gasteiger partial charge in [0.25, 0.3) is 5.91 Å². The van der Waals surface area contributed by atoms with E-state index in [2.05, 4.69) is 21.2 Å². The predicted molar refractivity (Wildman–Crippen MR) is 80.5 cm³/mol. The number of carbonyl (C=O) groups is 2. The quantitative estimate of drug-likeness (QED) is 0.856. The fourth-order valence-corrected chi connectivity index (χ4v) is 3.69. The summed E-state index contributed by atoms with van der Waals surface area (Å²) in [6, 6.07) is 7.55. The van der Waals surface area contributed by atoms with Crippen LogP contribution in [-0.2, 0) is 9.59 Å². The number of para-hydroxylation sites is 1. The van der Waals surface area contributed by atoms with E-state index in [0.29, 0.717) is 0 Å². The Morgan fingerprint density at radius 2 is 1.80 bits per heavy atom. The highest BCUT2D eigenvalue weighted by Crippen LogP contribution is 2.35. The zero-order valence-corrected chi connectivity index (χ0v) is 12.8. The van der Waals surface area contributed by atoms with Crippen LogP contribution in [0, 0.1) is 0 Å². The van der Waals surface area contributed by atoms with Gasteiger partial charge in [0.1, 0.15) is 12.1 Å². The van der Waals surface area contributed by atoms with Crippen LogP contribution in [-0.4, -0.2) is 23.9 Å². The van der Waals surface area contributed by atoms with Crippen LogP contribution in [0.2, 0.25) is 0 Å². The van der Waals surface area contributed by atoms with Crippen molar-refractivity contribution < 1.29 is 9.59 Å². The molecule has 3 rings (SSSR count). The third kappa shape index (κ3) is 2.24. The van der Waals surface area contributed by atoms with E-state index < -0.39 is 5.54 Å². The minimum atomic E-state index is -0.678. The highest BCUT2D eigenvalue weighted by molar-refractivity contribution is 9.10. The van der Waals surface area contributed by atoms with E-state index in [4.69, 9.17) is 0 Å². The van der Waals surface area contributed by atoms with Gasteiger partial charge in [-0.3, -0.25) is 14.5 Å². The molecule has 1 aromatic carbocycles. The lowest BCUT2D eigenvalue weighted by molar-refractivity contribution is -0.137. The van der Waals surface area contributed by atoms with E-state index in [1.807, 2.05) is 24.3 Å². The molecule has 1 spiro atoms. The number of benzene rings is 1. The molecule has 4 nitrogen and oxygen atoms in total. The van der Waals surface area contributed by atoms with E-state index in [0.717, 1.165) is 42.3 Å². The monoisotopic (exact) mass is 336 g/mol. The van der Waals surface area contributed by atoms with Gasteiger partial charge in [-0.2, -0.15) is 0 Å². The van der Waals surface area contributed by atoms with Gasteiger partial charge in [0.05, 0.1) is 5.69 Å². The lowest BCUT2D eigenvalue weighted by Crippen LogP contribution is -2.67. The van der Waals surface area contributed by atoms with Crippen molar-refractivity contribution in [2.45, 2.75) is 37.6 Å². The van der Waals surface area contributed by atoms with Crippen LogP contribution in [0.4, 0.5) is 5.69 Å². The number of nitrogens with zero attached hydrogens (tertiary/aromatic N) is 1. The zero-order valence-electron chi connectivity index (χ0n) is 11.2. The van der Waals surface area contributed by atoms with E-state index in [1.54, 1.807) is 4.90 Å². The Morgan fingerprint density at radius 1 is 1.10 bits per heavy atom. The average Bonchev–Trinajstić information content (AvgIpc) is 2.45. The Balaban J connectivity index is 1.97. The van der Waals surface area contributed by atoms with Crippen LogP contribution in [0.1, 0.15) is 32.1 Å². The van der Waals surface area contributed by atoms with Crippen molar-refractivity contribution in [1.29, 1.82) is 0 Å². The molecular weight excluding hydrogens is 320 g/mol. The first kappa shape index (κ1) is 13.6. The summed E-state index contributed by atoms with van der Waals surface area (Å²) in [5, 5.41) is 2.96. The van der Waals surface area contributed by atoms with Crippen LogP contribution in [0.5, 0.6) is 0 Å². The topological polar surface area (TPSA) is 49.4 Å². The van der Waals surface area contributed by atoms with Gasteiger partial charge < -0.3 is 5.32 Å². The molecule has 2 fully saturated rings. The molecule has 1 saturated carbocycles. The number of hydrogen-bond donors (Lipinski definition) is 1. The summed E-state index contributed by atoms with van der Waals surface area (Å²) >= 11 is 3.47. The van der Waals surface area contributed by atoms with Crippen molar-refractivity contribution in [2.75, 3.05) is 11.4 Å². The number of anilines is 1. The summed E-state index contributed by atoms with van der Waals surface area (Å²) in [7, 11) is 0. The Bertz CT molecular complexity index is 553. The van der Waals surface area contributed by atoms with Gasteiger partial charge in [-0.25, -0.2) is 0 Å². The van der Waals surface area contributed by atoms with Crippen molar-refractivity contribution in [2.24, 2.45) is 0 Å². The minimum absolute atomic E-state index is 0.0312. The highest BCUT2D eigenvalue weighted by atomic mass is 79.9. The van der Waals surface area contributed by atoms with Gasteiger partial charge in [-0.15, -0.1) is 0 Å². The molecule has 2 aliphatic rings. The number of rotatable bonds is 1. The van der Waals surface area contributed by atoms with Gasteiger partial charge >= 0.3 is 0 Å². The van der Waals surface area contributed by atoms with Crippen molar-refractivity contribution in [3.8, 4) is 0 Å². The standard InChI is InChI=1S/C15H17BrN2O2/c16-11-6-2-3-7-12(11)18-10-13(19)17-15(14(18)20)8-4-1-5-9-15/h2-3,6-7H,1,4-5,8-10H2,(H,17,19). The summed E-state index contributed by atoms with van der Waals surface area (Å²) in [4.78, 5) is 26.6. The smallest absolute Gasteiger partial charge is 0.253 e. The van der Waals surface area contributed by atoms with Crippen LogP contribution in [0.15, 0.2) is 28.7 Å². The van der Waals surface area contributed by atoms with Gasteiger partial charge in [0.15, 0.2) is 0 Å². The second-order valence-electron chi connectivity index (χ2n) is 5.53. The molecule has 1 N–H and O–H groups in total. The van der Waals surface area contributed by atoms with Gasteiger partial charge in [-0.1, -0.05) is 31.4 Å². The SMILES string of the molecule is O=C1CN(c2ccccc2Br)C(=O)C2(CCCCC2)N1. The maximum absolute atomic E-state index is 12.9. The molecule has 0 aromatic heterocycles. The zero-order chi connectivity index (χ0) is 14.2. The third-order valence-electron chi connectivity index (χ3n) is 4.19. The molecule has 0 unspecified atom stereocenters. The second-order valence-corrected chi connectivity index (χ2v) is 6.39. The van der Waals surface area contributed by atoms with Gasteiger partial charge in [0, 0.05) is 4.47 Å². The minimum Gasteiger partial charge on any atom is -0.340 e. The normalized spacial score (nSPS) is 21.9. The number of piperazine rings is 1. The number of nitrogens with one attached hydrogen (secondary N) is 1. The number of hydrogen-bond acceptors (Lipinski definition) is 2. The summed E-state index contributed by atoms with van der Waals surface area (Å²) in [5.74, 6) is -0.0362. The molecule has 0 atom stereocenters. The molecule has 1 aliphatic carbocycles. The molecule has 1 heterocycles. The summed E-state index contributed by atoms with van der Waals surface area (Å²) < 4.78 is 0.842. The Hall–Kier alpha value is -1.36. The fraction of sp³-hybridized carbons (Fsp3) is 0.467. The lowest BCUT2D eigenvalue weighted by atomic mass is 9.79. The Morgan fingerprint density at radius 3 is 2.50 bits per heavy atom. The van der Waals surface area contributed by atoms with Gasteiger partial charge in [0.2, 0.25) is 5.91 Å². The van der Waals surface area contributed by atoms with Crippen LogP contribution in [0.3, 0.4) is 0 Å². The van der Waals surface area contributed by atoms with Gasteiger partial charge in [-0.05, 0) is 40.9 Å². The molecule has 1 aromatic rings. The molecule has 5 heteroatoms. The lowest BCUT2D eigenvalue weighted by Gasteiger charge is -2.44. The van der Waals surface area contributed by atoms with Crippen molar-refractivity contribution in [3.05, 3.63) is 28.7 Å². The van der Waals surface area contributed by atoms with E-state index in [-0.39, 0.29) is 18.4 Å². The molecule has 2 amide bonds. The molecule has 0 radical (unpaired) electrons. The number of amides is 2. The average molecular weight is 337 g/mol. The summed E-state index contributed by atoms with van der Waals surface area (Å²) in [6.45, 7) is 0.100. The van der Waals surface area contributed by atoms with E-state index in [1.165, 1.54) is 0 Å². The first-order chi connectivity index (χ1) is 9.62. The molecule has 0 bridgehead atoms. The maximum Gasteiger partial charge on any atom is 0.253 e. The fourth-order valence-electron chi connectivity index (χ4n) is 3.19. The van der Waals surface area contributed by atoms with Crippen molar-refractivity contribution in [1.82, 2.24) is 5.32 Å².